The molecule has 1 aliphatic rings. The van der Waals surface area contributed by atoms with E-state index in [-0.39, 0.29) is 27.9 Å². The molecule has 3 rings (SSSR count). The number of hydrogen-bond donors (Lipinski definition) is 0. The summed E-state index contributed by atoms with van der Waals surface area (Å²) < 4.78 is 52.3. The van der Waals surface area contributed by atoms with E-state index in [0.717, 1.165) is 18.5 Å². The highest BCUT2D eigenvalue weighted by molar-refractivity contribution is 6.31. The number of alkyl halides is 3. The second kappa shape index (κ2) is 9.31. The van der Waals surface area contributed by atoms with Crippen LogP contribution in [0.5, 0.6) is 5.75 Å². The number of halogens is 4. The van der Waals surface area contributed by atoms with Gasteiger partial charge in [-0.05, 0) is 31.0 Å². The van der Waals surface area contributed by atoms with Crippen LogP contribution in [0.4, 0.5) is 13.2 Å². The Kier molecular flexibility index (Phi) is 7.09. The number of ether oxygens (including phenoxy) is 2. The highest BCUT2D eigenvalue weighted by Gasteiger charge is 2.29. The Labute approximate surface area is 189 Å². The van der Waals surface area contributed by atoms with E-state index in [1.807, 2.05) is 43.2 Å². The molecule has 1 atom stereocenters. The van der Waals surface area contributed by atoms with E-state index in [9.17, 15) is 18.0 Å². The van der Waals surface area contributed by atoms with Crippen LogP contribution in [0.2, 0.25) is 5.02 Å². The fourth-order valence-corrected chi connectivity index (χ4v) is 3.85. The third-order valence-corrected chi connectivity index (χ3v) is 5.42. The molecule has 1 fully saturated rings. The van der Waals surface area contributed by atoms with Crippen LogP contribution in [-0.4, -0.2) is 40.8 Å². The number of amides is 1. The van der Waals surface area contributed by atoms with Crippen molar-refractivity contribution in [2.75, 3.05) is 13.2 Å². The number of hydrogen-bond acceptors (Lipinski definition) is 3. The van der Waals surface area contributed by atoms with E-state index in [1.54, 1.807) is 0 Å². The summed E-state index contributed by atoms with van der Waals surface area (Å²) in [7, 11) is 1.89. The summed E-state index contributed by atoms with van der Waals surface area (Å²) >= 11 is 5.99. The van der Waals surface area contributed by atoms with Crippen molar-refractivity contribution in [1.29, 1.82) is 0 Å². The van der Waals surface area contributed by atoms with Gasteiger partial charge in [0.25, 0.3) is 5.91 Å². The Bertz CT molecular complexity index is 1050. The molecule has 1 aliphatic heterocycles. The van der Waals surface area contributed by atoms with Gasteiger partial charge in [0.15, 0.2) is 12.1 Å². The molecule has 0 saturated carbocycles. The molecule has 0 aliphatic carbocycles. The fourth-order valence-electron chi connectivity index (χ4n) is 3.68. The predicted molar refractivity (Wildman–Crippen MR) is 114 cm³/mol. The molecule has 2 aromatic rings. The van der Waals surface area contributed by atoms with Gasteiger partial charge in [-0.2, -0.15) is 18.2 Å². The quantitative estimate of drug-likeness (QED) is 0.635. The lowest BCUT2D eigenvalue weighted by Crippen LogP contribution is -2.30. The molecule has 0 bridgehead atoms. The van der Waals surface area contributed by atoms with Crippen molar-refractivity contribution in [3.8, 4) is 5.75 Å². The van der Waals surface area contributed by atoms with Crippen molar-refractivity contribution in [2.24, 2.45) is 12.0 Å². The lowest BCUT2D eigenvalue weighted by Gasteiger charge is -2.21. The molecule has 32 heavy (non-hydrogen) atoms. The second-order valence-corrected chi connectivity index (χ2v) is 9.28. The fraction of sp³-hybridized carbons (Fsp3) is 0.545. The van der Waals surface area contributed by atoms with Crippen molar-refractivity contribution < 1.29 is 27.4 Å². The minimum absolute atomic E-state index is 0.00215. The van der Waals surface area contributed by atoms with E-state index in [0.29, 0.717) is 18.6 Å². The predicted octanol–water partition coefficient (Wildman–Crippen LogP) is 4.64. The average Bonchev–Trinajstić information content (AvgIpc) is 3.29. The zero-order valence-corrected chi connectivity index (χ0v) is 19.3. The molecule has 1 amide bonds. The minimum atomic E-state index is -4.54. The summed E-state index contributed by atoms with van der Waals surface area (Å²) in [4.78, 5) is 17.3. The van der Waals surface area contributed by atoms with Crippen LogP contribution in [-0.2, 0) is 23.7 Å². The molecular formula is C22H27ClF3N3O3. The first kappa shape index (κ1) is 24.4. The first-order chi connectivity index (χ1) is 14.8. The van der Waals surface area contributed by atoms with Crippen LogP contribution in [0, 0.1) is 0 Å². The number of nitrogens with zero attached hydrogens (tertiary/aromatic N) is 3. The monoisotopic (exact) mass is 473 g/mol. The Morgan fingerprint density at radius 1 is 1.28 bits per heavy atom. The van der Waals surface area contributed by atoms with Gasteiger partial charge in [-0.3, -0.25) is 14.2 Å². The van der Waals surface area contributed by atoms with Gasteiger partial charge in [0.2, 0.25) is 0 Å². The third-order valence-electron chi connectivity index (χ3n) is 5.19. The van der Waals surface area contributed by atoms with Crippen molar-refractivity contribution >= 4 is 17.5 Å². The van der Waals surface area contributed by atoms with Gasteiger partial charge >= 0.3 is 6.18 Å². The summed E-state index contributed by atoms with van der Waals surface area (Å²) in [5.74, 6) is -0.963. The molecule has 0 N–H and O–H groups in total. The van der Waals surface area contributed by atoms with E-state index in [2.05, 4.69) is 4.99 Å². The maximum atomic E-state index is 13.0. The smallest absolute Gasteiger partial charge is 0.422 e. The molecule has 1 aromatic heterocycles. The Morgan fingerprint density at radius 3 is 2.59 bits per heavy atom. The van der Waals surface area contributed by atoms with E-state index in [4.69, 9.17) is 21.1 Å². The largest absolute Gasteiger partial charge is 0.483 e. The van der Waals surface area contributed by atoms with Gasteiger partial charge < -0.3 is 9.47 Å². The topological polar surface area (TPSA) is 57.8 Å². The van der Waals surface area contributed by atoms with Gasteiger partial charge in [-0.1, -0.05) is 32.4 Å². The number of carbonyl (C=O) groups excluding carboxylic acids is 1. The molecule has 0 unspecified atom stereocenters. The molecule has 6 nitrogen and oxygen atoms in total. The molecule has 0 spiro atoms. The molecule has 1 aromatic carbocycles. The lowest BCUT2D eigenvalue weighted by atomic mass is 9.92. The van der Waals surface area contributed by atoms with Gasteiger partial charge in [0.1, 0.15) is 5.75 Å². The maximum Gasteiger partial charge on any atom is 0.422 e. The van der Waals surface area contributed by atoms with Gasteiger partial charge in [0, 0.05) is 35.9 Å². The van der Waals surface area contributed by atoms with Crippen molar-refractivity contribution in [3.63, 3.8) is 0 Å². The van der Waals surface area contributed by atoms with Crippen LogP contribution in [0.25, 0.3) is 0 Å². The Balaban J connectivity index is 2.03. The third kappa shape index (κ3) is 5.95. The van der Waals surface area contributed by atoms with Crippen molar-refractivity contribution in [2.45, 2.75) is 57.9 Å². The van der Waals surface area contributed by atoms with Crippen LogP contribution in [0.15, 0.2) is 29.3 Å². The Hall–Kier alpha value is -2.26. The molecule has 1 saturated heterocycles. The average molecular weight is 474 g/mol. The van der Waals surface area contributed by atoms with Crippen LogP contribution < -0.4 is 10.2 Å². The van der Waals surface area contributed by atoms with Crippen LogP contribution in [0.3, 0.4) is 0 Å². The molecule has 0 radical (unpaired) electrons. The number of rotatable bonds is 5. The number of carbonyl (C=O) groups is 1. The van der Waals surface area contributed by atoms with Gasteiger partial charge in [-0.15, -0.1) is 0 Å². The molecule has 176 valence electrons. The normalized spacial score (nSPS) is 17.8. The lowest BCUT2D eigenvalue weighted by molar-refractivity contribution is -0.153. The minimum Gasteiger partial charge on any atom is -0.483 e. The molecule has 10 heteroatoms. The molecular weight excluding hydrogens is 447 g/mol. The van der Waals surface area contributed by atoms with E-state index < -0.39 is 18.7 Å². The number of aromatic nitrogens is 2. The van der Waals surface area contributed by atoms with Crippen molar-refractivity contribution in [1.82, 2.24) is 9.36 Å². The Morgan fingerprint density at radius 2 is 2.00 bits per heavy atom. The summed E-state index contributed by atoms with van der Waals surface area (Å²) in [6, 6.07) is 5.68. The van der Waals surface area contributed by atoms with E-state index in [1.165, 1.54) is 18.2 Å². The summed E-state index contributed by atoms with van der Waals surface area (Å²) in [6.45, 7) is 5.81. The summed E-state index contributed by atoms with van der Waals surface area (Å²) in [5, 5.41) is 0.193. The summed E-state index contributed by atoms with van der Waals surface area (Å²) in [6.07, 6.45) is -2.67. The summed E-state index contributed by atoms with van der Waals surface area (Å²) in [5.41, 5.74) is 0.980. The first-order valence-electron chi connectivity index (χ1n) is 10.3. The van der Waals surface area contributed by atoms with Crippen LogP contribution >= 0.6 is 11.6 Å². The highest BCUT2D eigenvalue weighted by atomic mass is 35.5. The number of benzene rings is 1. The van der Waals surface area contributed by atoms with E-state index >= 15 is 0 Å². The van der Waals surface area contributed by atoms with Gasteiger partial charge in [-0.25, -0.2) is 0 Å². The zero-order valence-electron chi connectivity index (χ0n) is 18.5. The highest BCUT2D eigenvalue weighted by Crippen LogP contribution is 2.26. The zero-order chi connectivity index (χ0) is 23.7. The SMILES string of the molecule is Cn1c(C(C)(C)C)c/c(=N/C(=O)c2cc(Cl)ccc2OCC(F)(F)F)n1C[C@H]1CCCO1. The van der Waals surface area contributed by atoms with Gasteiger partial charge in [0.05, 0.1) is 18.2 Å². The maximum absolute atomic E-state index is 13.0. The second-order valence-electron chi connectivity index (χ2n) is 8.84. The molecule has 2 heterocycles. The van der Waals surface area contributed by atoms with Crippen LogP contribution in [0.1, 0.15) is 49.7 Å². The first-order valence-corrected chi connectivity index (χ1v) is 10.7. The standard InChI is InChI=1S/C22H27ClF3N3O3/c1-21(2,3)18-11-19(29(28(18)4)12-15-6-5-9-31-15)27-20(30)16-10-14(23)7-8-17(16)32-13-22(24,25)26/h7-8,10-11,15H,5-6,9,12-13H2,1-4H3/b27-19-/t15-/m1/s1. The van der Waals surface area contributed by atoms with Crippen molar-refractivity contribution in [3.05, 3.63) is 46.0 Å².